The molecule has 0 heterocycles. The molecule has 0 saturated carbocycles. The van der Waals surface area contributed by atoms with Gasteiger partial charge >= 0.3 is 0 Å². The van der Waals surface area contributed by atoms with Gasteiger partial charge in [0, 0.05) is 35.0 Å². The van der Waals surface area contributed by atoms with E-state index in [-0.39, 0.29) is 11.6 Å². The number of hydrogen-bond donors (Lipinski definition) is 1. The molecule has 1 N–H and O–H groups in total. The zero-order valence-electron chi connectivity index (χ0n) is 13.3. The van der Waals surface area contributed by atoms with Gasteiger partial charge in [0.05, 0.1) is 0 Å². The van der Waals surface area contributed by atoms with E-state index >= 15 is 0 Å². The SMILES string of the molecule is CNc1cc(C(=O)c2ccccc2)cc(C(=O)c2ccccc2)c1. The number of rotatable bonds is 5. The Morgan fingerprint density at radius 1 is 0.625 bits per heavy atom. The number of benzene rings is 3. The molecule has 3 nitrogen and oxygen atoms in total. The maximum atomic E-state index is 12.7. The first-order chi connectivity index (χ1) is 11.7. The Kier molecular flexibility index (Phi) is 4.52. The van der Waals surface area contributed by atoms with E-state index < -0.39 is 0 Å². The summed E-state index contributed by atoms with van der Waals surface area (Å²) >= 11 is 0. The van der Waals surface area contributed by atoms with Crippen LogP contribution in [-0.4, -0.2) is 18.6 Å². The summed E-state index contributed by atoms with van der Waals surface area (Å²) in [7, 11) is 1.77. The minimum atomic E-state index is -0.102. The average Bonchev–Trinajstić information content (AvgIpc) is 2.67. The van der Waals surface area contributed by atoms with Crippen molar-refractivity contribution in [3.05, 3.63) is 101 Å². The molecule has 0 amide bonds. The van der Waals surface area contributed by atoms with Crippen LogP contribution in [0.4, 0.5) is 5.69 Å². The Morgan fingerprint density at radius 2 is 1.04 bits per heavy atom. The molecule has 0 spiro atoms. The molecule has 0 fully saturated rings. The van der Waals surface area contributed by atoms with Gasteiger partial charge in [0.2, 0.25) is 0 Å². The van der Waals surface area contributed by atoms with E-state index in [0.717, 1.165) is 5.69 Å². The molecule has 0 radical (unpaired) electrons. The summed E-state index contributed by atoms with van der Waals surface area (Å²) < 4.78 is 0. The van der Waals surface area contributed by atoms with Crippen LogP contribution in [0, 0.1) is 0 Å². The first-order valence-electron chi connectivity index (χ1n) is 7.71. The molecule has 3 aromatic carbocycles. The molecule has 0 bridgehead atoms. The fourth-order valence-electron chi connectivity index (χ4n) is 2.55. The molecule has 3 aromatic rings. The van der Waals surface area contributed by atoms with Crippen LogP contribution in [0.2, 0.25) is 0 Å². The van der Waals surface area contributed by atoms with Gasteiger partial charge in [0.1, 0.15) is 0 Å². The molecule has 118 valence electrons. The van der Waals surface area contributed by atoms with E-state index in [4.69, 9.17) is 0 Å². The number of ketones is 2. The van der Waals surface area contributed by atoms with Crippen LogP contribution in [0.25, 0.3) is 0 Å². The first-order valence-corrected chi connectivity index (χ1v) is 7.71. The van der Waals surface area contributed by atoms with Crippen LogP contribution in [0.5, 0.6) is 0 Å². The highest BCUT2D eigenvalue weighted by atomic mass is 16.1. The summed E-state index contributed by atoms with van der Waals surface area (Å²) in [5.74, 6) is -0.204. The van der Waals surface area contributed by atoms with Gasteiger partial charge in [-0.25, -0.2) is 0 Å². The highest BCUT2D eigenvalue weighted by molar-refractivity contribution is 6.14. The lowest BCUT2D eigenvalue weighted by molar-refractivity contribution is 0.103. The monoisotopic (exact) mass is 315 g/mol. The molecule has 0 saturated heterocycles. The van der Waals surface area contributed by atoms with Gasteiger partial charge in [-0.15, -0.1) is 0 Å². The number of carbonyl (C=O) groups is 2. The van der Waals surface area contributed by atoms with Gasteiger partial charge in [-0.1, -0.05) is 60.7 Å². The van der Waals surface area contributed by atoms with Crippen molar-refractivity contribution in [3.63, 3.8) is 0 Å². The van der Waals surface area contributed by atoms with Crippen LogP contribution in [0.3, 0.4) is 0 Å². The Labute approximate surface area is 141 Å². The quantitative estimate of drug-likeness (QED) is 0.718. The molecule has 0 atom stereocenters. The Morgan fingerprint density at radius 3 is 1.42 bits per heavy atom. The van der Waals surface area contributed by atoms with Crippen LogP contribution >= 0.6 is 0 Å². The van der Waals surface area contributed by atoms with Gasteiger partial charge in [-0.2, -0.15) is 0 Å². The smallest absolute Gasteiger partial charge is 0.193 e. The van der Waals surface area contributed by atoms with Gasteiger partial charge in [-0.3, -0.25) is 9.59 Å². The van der Waals surface area contributed by atoms with Crippen molar-refractivity contribution in [3.8, 4) is 0 Å². The molecular weight excluding hydrogens is 298 g/mol. The summed E-state index contributed by atoms with van der Waals surface area (Å²) in [4.78, 5) is 25.4. The highest BCUT2D eigenvalue weighted by Gasteiger charge is 2.15. The zero-order chi connectivity index (χ0) is 16.9. The minimum Gasteiger partial charge on any atom is -0.388 e. The predicted octanol–water partition coefficient (Wildman–Crippen LogP) is 4.19. The van der Waals surface area contributed by atoms with Crippen molar-refractivity contribution in [1.82, 2.24) is 0 Å². The van der Waals surface area contributed by atoms with Crippen LogP contribution in [0.1, 0.15) is 31.8 Å². The summed E-state index contributed by atoms with van der Waals surface area (Å²) in [6.45, 7) is 0. The highest BCUT2D eigenvalue weighted by Crippen LogP contribution is 2.20. The average molecular weight is 315 g/mol. The maximum Gasteiger partial charge on any atom is 0.193 e. The van der Waals surface area contributed by atoms with Crippen molar-refractivity contribution in [2.75, 3.05) is 12.4 Å². The first kappa shape index (κ1) is 15.7. The van der Waals surface area contributed by atoms with Crippen LogP contribution in [0.15, 0.2) is 78.9 Å². The van der Waals surface area contributed by atoms with Crippen molar-refractivity contribution < 1.29 is 9.59 Å². The van der Waals surface area contributed by atoms with E-state index in [1.807, 2.05) is 36.4 Å². The number of hydrogen-bond acceptors (Lipinski definition) is 3. The fourth-order valence-corrected chi connectivity index (χ4v) is 2.55. The van der Waals surface area contributed by atoms with Gasteiger partial charge in [0.15, 0.2) is 11.6 Å². The van der Waals surface area contributed by atoms with Gasteiger partial charge in [0.25, 0.3) is 0 Å². The molecule has 0 unspecified atom stereocenters. The molecular formula is C21H17NO2. The molecule has 3 heteroatoms. The van der Waals surface area contributed by atoms with E-state index in [1.54, 1.807) is 49.5 Å². The second kappa shape index (κ2) is 6.92. The lowest BCUT2D eigenvalue weighted by Gasteiger charge is -2.09. The lowest BCUT2D eigenvalue weighted by atomic mass is 9.96. The second-order valence-electron chi connectivity index (χ2n) is 5.44. The largest absolute Gasteiger partial charge is 0.388 e. The summed E-state index contributed by atoms with van der Waals surface area (Å²) in [6, 6.07) is 23.3. The molecule has 0 aromatic heterocycles. The zero-order valence-corrected chi connectivity index (χ0v) is 13.3. The van der Waals surface area contributed by atoms with E-state index in [2.05, 4.69) is 5.32 Å². The third-order valence-corrected chi connectivity index (χ3v) is 3.82. The Bertz CT molecular complexity index is 801. The van der Waals surface area contributed by atoms with Gasteiger partial charge in [-0.05, 0) is 18.2 Å². The van der Waals surface area contributed by atoms with Crippen molar-refractivity contribution >= 4 is 17.3 Å². The molecule has 3 rings (SSSR count). The number of nitrogens with one attached hydrogen (secondary N) is 1. The molecule has 0 aliphatic rings. The fraction of sp³-hybridized carbons (Fsp3) is 0.0476. The van der Waals surface area contributed by atoms with Crippen molar-refractivity contribution in [1.29, 1.82) is 0 Å². The molecule has 0 aliphatic heterocycles. The number of anilines is 1. The Balaban J connectivity index is 2.03. The maximum absolute atomic E-state index is 12.7. The van der Waals surface area contributed by atoms with E-state index in [9.17, 15) is 9.59 Å². The normalized spacial score (nSPS) is 10.2. The van der Waals surface area contributed by atoms with E-state index in [0.29, 0.717) is 22.3 Å². The lowest BCUT2D eigenvalue weighted by Crippen LogP contribution is -2.07. The topological polar surface area (TPSA) is 46.2 Å². The Hall–Kier alpha value is -3.20. The molecule has 0 aliphatic carbocycles. The number of carbonyl (C=O) groups excluding carboxylic acids is 2. The standard InChI is InChI=1S/C21H17NO2/c1-22-19-13-17(20(23)15-8-4-2-5-9-15)12-18(14-19)21(24)16-10-6-3-7-11-16/h2-14,22H,1H3. The van der Waals surface area contributed by atoms with Crippen molar-refractivity contribution in [2.45, 2.75) is 0 Å². The third-order valence-electron chi connectivity index (χ3n) is 3.82. The van der Waals surface area contributed by atoms with Gasteiger partial charge < -0.3 is 5.32 Å². The van der Waals surface area contributed by atoms with Crippen molar-refractivity contribution in [2.24, 2.45) is 0 Å². The second-order valence-corrected chi connectivity index (χ2v) is 5.44. The van der Waals surface area contributed by atoms with Crippen LogP contribution < -0.4 is 5.32 Å². The predicted molar refractivity (Wildman–Crippen MR) is 95.7 cm³/mol. The summed E-state index contributed by atoms with van der Waals surface area (Å²) in [5, 5.41) is 3.02. The summed E-state index contributed by atoms with van der Waals surface area (Å²) in [5.41, 5.74) is 2.92. The minimum absolute atomic E-state index is 0.102. The third kappa shape index (κ3) is 3.25. The summed E-state index contributed by atoms with van der Waals surface area (Å²) in [6.07, 6.45) is 0. The van der Waals surface area contributed by atoms with E-state index in [1.165, 1.54) is 0 Å². The van der Waals surface area contributed by atoms with Crippen LogP contribution in [-0.2, 0) is 0 Å². The molecule has 24 heavy (non-hydrogen) atoms.